The van der Waals surface area contributed by atoms with Gasteiger partial charge < -0.3 is 20.3 Å². The van der Waals surface area contributed by atoms with Crippen LogP contribution in [0.2, 0.25) is 0 Å². The average molecular weight is 896 g/mol. The number of hydrogen-bond acceptors (Lipinski definition) is 5. The molecule has 0 aromatic carbocycles. The standard InChI is InChI=1S/C58H105NO5/c1-4-7-10-13-16-19-22-25-27-29-32-35-38-41-44-47-50-56(61)55(53-60)59-57(62)52-54(49-46-43-40-37-34-31-24-21-18-15-12-9-6-3)64-58(63)51-48-45-42-39-36-33-30-28-26-23-20-17-14-11-8-5-2/h9,12,15,18,21,24,28,30-31,34,54-56,60-61H,4-8,10-11,13-14,16-17,19-20,22-23,25-27,29,32-33,35-53H2,1-3H3,(H,59,62)/b12-9+,18-15+,24-21+,30-28+,34-31-. The van der Waals surface area contributed by atoms with E-state index in [4.69, 9.17) is 4.74 Å². The van der Waals surface area contributed by atoms with Crippen molar-refractivity contribution in [3.05, 3.63) is 60.8 Å². The lowest BCUT2D eigenvalue weighted by Crippen LogP contribution is -2.46. The number of ether oxygens (including phenoxy) is 1. The Bertz CT molecular complexity index is 1140. The molecule has 6 nitrogen and oxygen atoms in total. The second kappa shape index (κ2) is 51.5. The summed E-state index contributed by atoms with van der Waals surface area (Å²) in [4.78, 5) is 26.2. The largest absolute Gasteiger partial charge is 0.462 e. The summed E-state index contributed by atoms with van der Waals surface area (Å²) in [7, 11) is 0. The molecule has 0 spiro atoms. The molecule has 0 aliphatic heterocycles. The van der Waals surface area contributed by atoms with E-state index in [0.29, 0.717) is 19.3 Å². The van der Waals surface area contributed by atoms with Crippen LogP contribution in [-0.2, 0) is 14.3 Å². The van der Waals surface area contributed by atoms with Crippen LogP contribution in [-0.4, -0.2) is 46.9 Å². The van der Waals surface area contributed by atoms with Crippen LogP contribution in [0.15, 0.2) is 60.8 Å². The number of carbonyl (C=O) groups is 2. The normalized spacial score (nSPS) is 13.6. The Kier molecular flexibility index (Phi) is 49.6. The van der Waals surface area contributed by atoms with Crippen LogP contribution in [0.1, 0.15) is 271 Å². The Balaban J connectivity index is 4.58. The minimum Gasteiger partial charge on any atom is -0.462 e. The van der Waals surface area contributed by atoms with Crippen molar-refractivity contribution in [2.45, 2.75) is 289 Å². The summed E-state index contributed by atoms with van der Waals surface area (Å²) >= 11 is 0. The maximum atomic E-state index is 13.2. The first-order chi connectivity index (χ1) is 31.5. The van der Waals surface area contributed by atoms with E-state index in [1.165, 1.54) is 148 Å². The summed E-state index contributed by atoms with van der Waals surface area (Å²) in [5, 5.41) is 23.8. The highest BCUT2D eigenvalue weighted by atomic mass is 16.5. The van der Waals surface area contributed by atoms with Crippen molar-refractivity contribution < 1.29 is 24.5 Å². The van der Waals surface area contributed by atoms with Crippen molar-refractivity contribution in [3.8, 4) is 0 Å². The van der Waals surface area contributed by atoms with Crippen LogP contribution < -0.4 is 5.32 Å². The number of allylic oxidation sites excluding steroid dienone is 10. The maximum absolute atomic E-state index is 13.2. The topological polar surface area (TPSA) is 95.9 Å². The molecule has 1 amide bonds. The molecule has 64 heavy (non-hydrogen) atoms. The first kappa shape index (κ1) is 61.6. The second-order valence-corrected chi connectivity index (χ2v) is 18.7. The minimum atomic E-state index is -0.802. The number of unbranched alkanes of at least 4 members (excludes halogenated alkanes) is 30. The first-order valence-electron chi connectivity index (χ1n) is 27.6. The molecule has 0 aromatic heterocycles. The van der Waals surface area contributed by atoms with Gasteiger partial charge in [0, 0.05) is 6.42 Å². The number of aliphatic hydroxyl groups is 2. The van der Waals surface area contributed by atoms with Crippen molar-refractivity contribution in [2.24, 2.45) is 0 Å². The van der Waals surface area contributed by atoms with Crippen LogP contribution in [0.5, 0.6) is 0 Å². The van der Waals surface area contributed by atoms with Crippen LogP contribution in [0, 0.1) is 0 Å². The molecule has 0 bridgehead atoms. The molecule has 0 fully saturated rings. The fourth-order valence-corrected chi connectivity index (χ4v) is 8.26. The van der Waals surface area contributed by atoms with Crippen molar-refractivity contribution in [1.29, 1.82) is 0 Å². The lowest BCUT2D eigenvalue weighted by molar-refractivity contribution is -0.151. The molecule has 0 rings (SSSR count). The molecule has 0 radical (unpaired) electrons. The van der Waals surface area contributed by atoms with Gasteiger partial charge in [0.1, 0.15) is 6.10 Å². The van der Waals surface area contributed by atoms with E-state index in [0.717, 1.165) is 77.0 Å². The molecule has 3 N–H and O–H groups in total. The van der Waals surface area contributed by atoms with Crippen molar-refractivity contribution in [3.63, 3.8) is 0 Å². The van der Waals surface area contributed by atoms with Crippen LogP contribution in [0.25, 0.3) is 0 Å². The molecule has 0 aliphatic carbocycles. The zero-order chi connectivity index (χ0) is 46.7. The number of aliphatic hydroxyl groups excluding tert-OH is 2. The highest BCUT2D eigenvalue weighted by Gasteiger charge is 2.24. The number of nitrogens with one attached hydrogen (secondary N) is 1. The fourth-order valence-electron chi connectivity index (χ4n) is 8.26. The summed E-state index contributed by atoms with van der Waals surface area (Å²) in [5.74, 6) is -0.518. The molecular formula is C58H105NO5. The van der Waals surface area contributed by atoms with Crippen LogP contribution >= 0.6 is 0 Å². The lowest BCUT2D eigenvalue weighted by atomic mass is 10.0. The van der Waals surface area contributed by atoms with E-state index < -0.39 is 18.2 Å². The average Bonchev–Trinajstić information content (AvgIpc) is 3.29. The Morgan fingerprint density at radius 3 is 1.34 bits per heavy atom. The number of rotatable bonds is 49. The highest BCUT2D eigenvalue weighted by Crippen LogP contribution is 2.18. The molecule has 3 atom stereocenters. The molecule has 0 saturated heterocycles. The van der Waals surface area contributed by atoms with Gasteiger partial charge >= 0.3 is 5.97 Å². The quantitative estimate of drug-likeness (QED) is 0.0245. The van der Waals surface area contributed by atoms with Gasteiger partial charge in [0.15, 0.2) is 0 Å². The van der Waals surface area contributed by atoms with Gasteiger partial charge in [-0.25, -0.2) is 0 Å². The summed E-state index contributed by atoms with van der Waals surface area (Å²) < 4.78 is 5.92. The van der Waals surface area contributed by atoms with E-state index in [1.807, 2.05) is 24.3 Å². The van der Waals surface area contributed by atoms with Gasteiger partial charge in [-0.2, -0.15) is 0 Å². The molecule has 0 aromatic rings. The summed E-state index contributed by atoms with van der Waals surface area (Å²) in [6.45, 7) is 6.35. The predicted octanol–water partition coefficient (Wildman–Crippen LogP) is 16.8. The summed E-state index contributed by atoms with van der Waals surface area (Å²) in [6.07, 6.45) is 64.3. The van der Waals surface area contributed by atoms with Gasteiger partial charge in [0.2, 0.25) is 5.91 Å². The third-order valence-corrected chi connectivity index (χ3v) is 12.4. The van der Waals surface area contributed by atoms with Gasteiger partial charge in [-0.3, -0.25) is 9.59 Å². The van der Waals surface area contributed by atoms with Gasteiger partial charge in [0.05, 0.1) is 25.2 Å². The molecule has 3 unspecified atom stereocenters. The summed E-state index contributed by atoms with van der Waals surface area (Å²) in [5.41, 5.74) is 0. The van der Waals surface area contributed by atoms with E-state index in [9.17, 15) is 19.8 Å². The first-order valence-corrected chi connectivity index (χ1v) is 27.6. The molecule has 0 aliphatic rings. The molecular weight excluding hydrogens is 791 g/mol. The van der Waals surface area contributed by atoms with E-state index >= 15 is 0 Å². The number of carbonyl (C=O) groups excluding carboxylic acids is 2. The monoisotopic (exact) mass is 896 g/mol. The van der Waals surface area contributed by atoms with E-state index in [1.54, 1.807) is 0 Å². The fraction of sp³-hybridized carbons (Fsp3) is 0.793. The third kappa shape index (κ3) is 46.1. The van der Waals surface area contributed by atoms with E-state index in [2.05, 4.69) is 62.5 Å². The number of amides is 1. The van der Waals surface area contributed by atoms with Gasteiger partial charge in [-0.05, 0) is 70.6 Å². The zero-order valence-corrected chi connectivity index (χ0v) is 42.4. The molecule has 6 heteroatoms. The van der Waals surface area contributed by atoms with E-state index in [-0.39, 0.29) is 24.9 Å². The minimum absolute atomic E-state index is 0.0478. The molecule has 372 valence electrons. The second-order valence-electron chi connectivity index (χ2n) is 18.7. The van der Waals surface area contributed by atoms with Gasteiger partial charge in [0.25, 0.3) is 0 Å². The van der Waals surface area contributed by atoms with Crippen molar-refractivity contribution in [2.75, 3.05) is 6.61 Å². The van der Waals surface area contributed by atoms with Crippen LogP contribution in [0.3, 0.4) is 0 Å². The van der Waals surface area contributed by atoms with Crippen LogP contribution in [0.4, 0.5) is 0 Å². The highest BCUT2D eigenvalue weighted by molar-refractivity contribution is 5.77. The predicted molar refractivity (Wildman–Crippen MR) is 278 cm³/mol. The number of hydrogen-bond donors (Lipinski definition) is 3. The Labute approximate surface area is 397 Å². The van der Waals surface area contributed by atoms with Crippen molar-refractivity contribution in [1.82, 2.24) is 5.32 Å². The Hall–Kier alpha value is -2.44. The smallest absolute Gasteiger partial charge is 0.306 e. The maximum Gasteiger partial charge on any atom is 0.306 e. The lowest BCUT2D eigenvalue weighted by Gasteiger charge is -2.24. The molecule has 0 heterocycles. The number of esters is 1. The molecule has 0 saturated carbocycles. The Morgan fingerprint density at radius 1 is 0.469 bits per heavy atom. The summed E-state index contributed by atoms with van der Waals surface area (Å²) in [6, 6.07) is -0.718. The third-order valence-electron chi connectivity index (χ3n) is 12.4. The zero-order valence-electron chi connectivity index (χ0n) is 42.4. The van der Waals surface area contributed by atoms with Gasteiger partial charge in [-0.1, -0.05) is 248 Å². The Morgan fingerprint density at radius 2 is 0.859 bits per heavy atom. The van der Waals surface area contributed by atoms with Gasteiger partial charge in [-0.15, -0.1) is 0 Å². The van der Waals surface area contributed by atoms with Crippen molar-refractivity contribution >= 4 is 11.9 Å². The SMILES string of the molecule is CC/C=C/C=C/C=C/C=C\CCCCCC(CC(=O)NC(CO)C(O)CCCCCCCCCCCCCCCCCC)OC(=O)CCCCCCC/C=C/CCCCCCCCC.